The molecule has 0 radical (unpaired) electrons. The highest BCUT2D eigenvalue weighted by Crippen LogP contribution is 2.20. The Morgan fingerprint density at radius 2 is 1.78 bits per heavy atom. The van der Waals surface area contributed by atoms with Gasteiger partial charge >= 0.3 is 0 Å². The van der Waals surface area contributed by atoms with Crippen molar-refractivity contribution in [3.63, 3.8) is 0 Å². The maximum absolute atomic E-state index is 11.9. The minimum atomic E-state index is 0.0148. The standard InChI is InChI=1S/C26H31N5O/c1-20-6-12-24(13-7-20)30-16-14-23(19-30)29-26(27-2)28-17-21-8-10-22(11-9-21)18-31-15-4-3-5-25(31)32/h3-13,15,23H,14,16-19H2,1-2H3,(H2,27,28,29). The van der Waals surface area contributed by atoms with Crippen LogP contribution in [0, 0.1) is 6.92 Å². The SMILES string of the molecule is CN=C(NCc1ccc(Cn2ccccc2=O)cc1)NC1CCN(c2ccc(C)cc2)C1. The predicted octanol–water partition coefficient (Wildman–Crippen LogP) is 3.15. The first-order valence-corrected chi connectivity index (χ1v) is 11.1. The lowest BCUT2D eigenvalue weighted by Crippen LogP contribution is -2.44. The molecule has 1 aliphatic rings. The number of benzene rings is 2. The average molecular weight is 430 g/mol. The number of aliphatic imine (C=N–C) groups is 1. The molecule has 0 amide bonds. The van der Waals surface area contributed by atoms with Crippen LogP contribution in [0.15, 0.2) is 82.7 Å². The fraction of sp³-hybridized carbons (Fsp3) is 0.308. The van der Waals surface area contributed by atoms with Crippen molar-refractivity contribution in [3.8, 4) is 0 Å². The lowest BCUT2D eigenvalue weighted by atomic mass is 10.1. The largest absolute Gasteiger partial charge is 0.369 e. The predicted molar refractivity (Wildman–Crippen MR) is 131 cm³/mol. The molecule has 1 aromatic heterocycles. The van der Waals surface area contributed by atoms with Gasteiger partial charge in [-0.1, -0.05) is 48.0 Å². The first kappa shape index (κ1) is 21.7. The van der Waals surface area contributed by atoms with Crippen LogP contribution in [0.2, 0.25) is 0 Å². The quantitative estimate of drug-likeness (QED) is 0.467. The third-order valence-corrected chi connectivity index (χ3v) is 5.89. The Morgan fingerprint density at radius 1 is 1.03 bits per heavy atom. The average Bonchev–Trinajstić information content (AvgIpc) is 3.28. The summed E-state index contributed by atoms with van der Waals surface area (Å²) in [7, 11) is 1.81. The van der Waals surface area contributed by atoms with Crippen LogP contribution in [0.3, 0.4) is 0 Å². The van der Waals surface area contributed by atoms with E-state index in [1.807, 2.05) is 19.3 Å². The molecule has 1 unspecified atom stereocenters. The zero-order chi connectivity index (χ0) is 22.3. The van der Waals surface area contributed by atoms with Crippen molar-refractivity contribution in [3.05, 3.63) is 100.0 Å². The van der Waals surface area contributed by atoms with Crippen LogP contribution >= 0.6 is 0 Å². The Labute approximate surface area is 189 Å². The minimum Gasteiger partial charge on any atom is -0.369 e. The summed E-state index contributed by atoms with van der Waals surface area (Å²) < 4.78 is 1.71. The summed E-state index contributed by atoms with van der Waals surface area (Å²) in [4.78, 5) is 18.7. The molecule has 32 heavy (non-hydrogen) atoms. The number of hydrogen-bond acceptors (Lipinski definition) is 3. The molecule has 2 N–H and O–H groups in total. The summed E-state index contributed by atoms with van der Waals surface area (Å²) in [6, 6.07) is 22.7. The Kier molecular flexibility index (Phi) is 6.90. The summed E-state index contributed by atoms with van der Waals surface area (Å²) in [5.74, 6) is 0.820. The zero-order valence-electron chi connectivity index (χ0n) is 18.8. The lowest BCUT2D eigenvalue weighted by Gasteiger charge is -2.20. The summed E-state index contributed by atoms with van der Waals surface area (Å²) >= 11 is 0. The van der Waals surface area contributed by atoms with Gasteiger partial charge in [-0.05, 0) is 42.7 Å². The number of guanidine groups is 1. The number of nitrogens with one attached hydrogen (secondary N) is 2. The number of rotatable bonds is 6. The number of pyridine rings is 1. The molecule has 4 rings (SSSR count). The topological polar surface area (TPSA) is 61.7 Å². The highest BCUT2D eigenvalue weighted by Gasteiger charge is 2.23. The van der Waals surface area contributed by atoms with Crippen LogP contribution in [-0.4, -0.2) is 36.7 Å². The van der Waals surface area contributed by atoms with Crippen molar-refractivity contribution in [2.75, 3.05) is 25.0 Å². The molecule has 0 saturated carbocycles. The van der Waals surface area contributed by atoms with Gasteiger partial charge in [-0.2, -0.15) is 0 Å². The Balaban J connectivity index is 1.27. The van der Waals surface area contributed by atoms with Crippen LogP contribution in [0.25, 0.3) is 0 Å². The molecular formula is C26H31N5O. The van der Waals surface area contributed by atoms with Crippen molar-refractivity contribution in [2.24, 2.45) is 4.99 Å². The van der Waals surface area contributed by atoms with Crippen molar-refractivity contribution in [1.82, 2.24) is 15.2 Å². The van der Waals surface area contributed by atoms with Crippen molar-refractivity contribution in [2.45, 2.75) is 32.5 Å². The molecule has 1 atom stereocenters. The molecule has 166 valence electrons. The molecule has 3 aromatic rings. The molecular weight excluding hydrogens is 398 g/mol. The van der Waals surface area contributed by atoms with Gasteiger partial charge in [0.25, 0.3) is 5.56 Å². The highest BCUT2D eigenvalue weighted by atomic mass is 16.1. The first-order chi connectivity index (χ1) is 15.6. The van der Waals surface area contributed by atoms with Gasteiger partial charge in [0, 0.05) is 50.7 Å². The summed E-state index contributed by atoms with van der Waals surface area (Å²) in [6.07, 6.45) is 2.90. The third kappa shape index (κ3) is 5.58. The summed E-state index contributed by atoms with van der Waals surface area (Å²) in [6.45, 7) is 5.41. The van der Waals surface area contributed by atoms with Gasteiger partial charge in [-0.25, -0.2) is 0 Å². The molecule has 6 heteroatoms. The number of aromatic nitrogens is 1. The van der Waals surface area contributed by atoms with E-state index in [0.29, 0.717) is 19.1 Å². The van der Waals surface area contributed by atoms with Crippen LogP contribution in [0.5, 0.6) is 0 Å². The smallest absolute Gasteiger partial charge is 0.250 e. The second-order valence-corrected chi connectivity index (χ2v) is 8.32. The van der Waals surface area contributed by atoms with E-state index in [1.54, 1.807) is 16.7 Å². The Bertz CT molecular complexity index is 1100. The van der Waals surface area contributed by atoms with Crippen LogP contribution in [-0.2, 0) is 13.1 Å². The molecule has 2 aromatic carbocycles. The Morgan fingerprint density at radius 3 is 2.50 bits per heavy atom. The van der Waals surface area contributed by atoms with Gasteiger partial charge in [-0.15, -0.1) is 0 Å². The molecule has 0 bridgehead atoms. The fourth-order valence-corrected chi connectivity index (χ4v) is 3.99. The van der Waals surface area contributed by atoms with E-state index in [4.69, 9.17) is 0 Å². The van der Waals surface area contributed by atoms with Gasteiger partial charge in [0.05, 0.1) is 6.54 Å². The summed E-state index contributed by atoms with van der Waals surface area (Å²) in [5.41, 5.74) is 4.85. The van der Waals surface area contributed by atoms with E-state index >= 15 is 0 Å². The minimum absolute atomic E-state index is 0.0148. The Hall–Kier alpha value is -3.54. The van der Waals surface area contributed by atoms with Gasteiger partial charge in [-0.3, -0.25) is 9.79 Å². The van der Waals surface area contributed by atoms with Crippen LogP contribution < -0.4 is 21.1 Å². The number of hydrogen-bond donors (Lipinski definition) is 2. The molecule has 1 aliphatic heterocycles. The van der Waals surface area contributed by atoms with E-state index in [9.17, 15) is 4.79 Å². The second-order valence-electron chi connectivity index (χ2n) is 8.32. The van der Waals surface area contributed by atoms with Gasteiger partial charge < -0.3 is 20.1 Å². The van der Waals surface area contributed by atoms with Gasteiger partial charge in [0.15, 0.2) is 5.96 Å². The van der Waals surface area contributed by atoms with Gasteiger partial charge in [0.1, 0.15) is 0 Å². The van der Waals surface area contributed by atoms with E-state index in [0.717, 1.165) is 31.0 Å². The highest BCUT2D eigenvalue weighted by molar-refractivity contribution is 5.80. The number of aryl methyl sites for hydroxylation is 1. The van der Waals surface area contributed by atoms with E-state index in [2.05, 4.69) is 76.0 Å². The fourth-order valence-electron chi connectivity index (χ4n) is 3.99. The van der Waals surface area contributed by atoms with Crippen LogP contribution in [0.1, 0.15) is 23.1 Å². The third-order valence-electron chi connectivity index (χ3n) is 5.89. The second kappa shape index (κ2) is 10.2. The van der Waals surface area contributed by atoms with Crippen molar-refractivity contribution >= 4 is 11.6 Å². The molecule has 1 saturated heterocycles. The monoisotopic (exact) mass is 429 g/mol. The lowest BCUT2D eigenvalue weighted by molar-refractivity contribution is 0.648. The normalized spacial score (nSPS) is 16.2. The molecule has 0 aliphatic carbocycles. The van der Waals surface area contributed by atoms with E-state index in [-0.39, 0.29) is 5.56 Å². The maximum Gasteiger partial charge on any atom is 0.250 e. The maximum atomic E-state index is 11.9. The van der Waals surface area contributed by atoms with Crippen molar-refractivity contribution in [1.29, 1.82) is 0 Å². The zero-order valence-corrected chi connectivity index (χ0v) is 18.8. The molecule has 1 fully saturated rings. The molecule has 6 nitrogen and oxygen atoms in total. The van der Waals surface area contributed by atoms with E-state index in [1.165, 1.54) is 16.8 Å². The first-order valence-electron chi connectivity index (χ1n) is 11.1. The van der Waals surface area contributed by atoms with E-state index < -0.39 is 0 Å². The van der Waals surface area contributed by atoms with Crippen LogP contribution in [0.4, 0.5) is 5.69 Å². The summed E-state index contributed by atoms with van der Waals surface area (Å²) in [5, 5.41) is 6.97. The molecule has 0 spiro atoms. The number of anilines is 1. The van der Waals surface area contributed by atoms with Gasteiger partial charge in [0.2, 0.25) is 0 Å². The molecule has 2 heterocycles. The van der Waals surface area contributed by atoms with Crippen molar-refractivity contribution < 1.29 is 0 Å². The number of nitrogens with zero attached hydrogens (tertiary/aromatic N) is 3.